The fourth-order valence-electron chi connectivity index (χ4n) is 4.16. The standard InChI is InChI=1S/C23H23N3O4/c1-24-21(28)19-13-15-7-2-3-8-16(15)14-26(19)20(27)11-6-12-25-22(29)17-9-4-5-10-18(17)23(25)30/h2-5,7-10,19H,6,11-14H2,1H3,(H,24,28). The summed E-state index contributed by atoms with van der Waals surface area (Å²) in [6, 6.07) is 14.0. The summed E-state index contributed by atoms with van der Waals surface area (Å²) in [5.41, 5.74) is 2.91. The number of fused-ring (bicyclic) bond motifs is 2. The lowest BCUT2D eigenvalue weighted by Gasteiger charge is -2.36. The smallest absolute Gasteiger partial charge is 0.261 e. The van der Waals surface area contributed by atoms with E-state index in [1.54, 1.807) is 36.2 Å². The number of nitrogens with one attached hydrogen (secondary N) is 1. The van der Waals surface area contributed by atoms with E-state index >= 15 is 0 Å². The van der Waals surface area contributed by atoms with E-state index in [0.29, 0.717) is 30.5 Å². The van der Waals surface area contributed by atoms with Crippen molar-refractivity contribution in [1.82, 2.24) is 15.1 Å². The molecule has 7 heteroatoms. The number of benzene rings is 2. The number of nitrogens with zero attached hydrogens (tertiary/aromatic N) is 2. The Hall–Kier alpha value is -3.48. The van der Waals surface area contributed by atoms with Crippen molar-refractivity contribution in [3.05, 3.63) is 70.8 Å². The molecule has 4 amide bonds. The predicted octanol–water partition coefficient (Wildman–Crippen LogP) is 1.76. The van der Waals surface area contributed by atoms with Crippen LogP contribution < -0.4 is 5.32 Å². The molecule has 154 valence electrons. The van der Waals surface area contributed by atoms with Gasteiger partial charge < -0.3 is 10.2 Å². The molecule has 0 spiro atoms. The molecule has 2 aliphatic rings. The van der Waals surface area contributed by atoms with E-state index in [1.807, 2.05) is 24.3 Å². The lowest BCUT2D eigenvalue weighted by molar-refractivity contribution is -0.141. The molecule has 7 nitrogen and oxygen atoms in total. The van der Waals surface area contributed by atoms with E-state index < -0.39 is 6.04 Å². The Labute approximate surface area is 174 Å². The second-order valence-corrected chi connectivity index (χ2v) is 7.54. The first-order chi connectivity index (χ1) is 14.5. The maximum Gasteiger partial charge on any atom is 0.261 e. The molecule has 0 saturated heterocycles. The molecule has 0 saturated carbocycles. The van der Waals surface area contributed by atoms with E-state index in [-0.39, 0.29) is 36.6 Å². The molecular formula is C23H23N3O4. The van der Waals surface area contributed by atoms with Crippen LogP contribution in [-0.2, 0) is 22.6 Å². The third kappa shape index (κ3) is 3.47. The molecule has 0 radical (unpaired) electrons. The van der Waals surface area contributed by atoms with Crippen molar-refractivity contribution in [2.24, 2.45) is 0 Å². The van der Waals surface area contributed by atoms with Crippen LogP contribution in [0.3, 0.4) is 0 Å². The number of imide groups is 1. The Morgan fingerprint density at radius 2 is 1.57 bits per heavy atom. The third-order valence-corrected chi connectivity index (χ3v) is 5.77. The number of hydrogen-bond acceptors (Lipinski definition) is 4. The molecule has 30 heavy (non-hydrogen) atoms. The fourth-order valence-corrected chi connectivity index (χ4v) is 4.16. The van der Waals surface area contributed by atoms with E-state index in [2.05, 4.69) is 5.32 Å². The van der Waals surface area contributed by atoms with Gasteiger partial charge in [0.05, 0.1) is 11.1 Å². The number of amides is 4. The highest BCUT2D eigenvalue weighted by atomic mass is 16.2. The van der Waals surface area contributed by atoms with Gasteiger partial charge in [-0.1, -0.05) is 36.4 Å². The van der Waals surface area contributed by atoms with Gasteiger partial charge in [-0.3, -0.25) is 24.1 Å². The minimum atomic E-state index is -0.559. The SMILES string of the molecule is CNC(=O)C1Cc2ccccc2CN1C(=O)CCCN1C(=O)c2ccccc2C1=O. The number of rotatable bonds is 5. The zero-order chi connectivity index (χ0) is 21.3. The Kier molecular flexibility index (Phi) is 5.35. The van der Waals surface area contributed by atoms with Crippen molar-refractivity contribution < 1.29 is 19.2 Å². The van der Waals surface area contributed by atoms with Crippen LogP contribution in [0.2, 0.25) is 0 Å². The van der Waals surface area contributed by atoms with Crippen LogP contribution in [0.15, 0.2) is 48.5 Å². The van der Waals surface area contributed by atoms with Crippen molar-refractivity contribution in [2.45, 2.75) is 31.8 Å². The minimum Gasteiger partial charge on any atom is -0.357 e. The van der Waals surface area contributed by atoms with Gasteiger partial charge >= 0.3 is 0 Å². The highest BCUT2D eigenvalue weighted by Crippen LogP contribution is 2.25. The Balaban J connectivity index is 1.41. The molecular weight excluding hydrogens is 382 g/mol. The van der Waals surface area contributed by atoms with E-state index in [1.165, 1.54) is 4.90 Å². The summed E-state index contributed by atoms with van der Waals surface area (Å²) in [4.78, 5) is 53.0. The molecule has 2 heterocycles. The third-order valence-electron chi connectivity index (χ3n) is 5.77. The largest absolute Gasteiger partial charge is 0.357 e. The van der Waals surface area contributed by atoms with Crippen LogP contribution >= 0.6 is 0 Å². The molecule has 1 N–H and O–H groups in total. The maximum atomic E-state index is 13.0. The van der Waals surface area contributed by atoms with Crippen LogP contribution in [0.5, 0.6) is 0 Å². The van der Waals surface area contributed by atoms with Gasteiger partial charge in [0.25, 0.3) is 11.8 Å². The lowest BCUT2D eigenvalue weighted by atomic mass is 9.93. The Morgan fingerprint density at radius 3 is 2.20 bits per heavy atom. The van der Waals surface area contributed by atoms with Crippen molar-refractivity contribution >= 4 is 23.6 Å². The molecule has 0 fully saturated rings. The highest BCUT2D eigenvalue weighted by Gasteiger charge is 2.36. The van der Waals surface area contributed by atoms with Crippen LogP contribution in [-0.4, -0.2) is 53.1 Å². The average Bonchev–Trinajstić information content (AvgIpc) is 3.02. The number of likely N-dealkylation sites (N-methyl/N-ethyl adjacent to an activating group) is 1. The van der Waals surface area contributed by atoms with Gasteiger partial charge in [-0.05, 0) is 29.7 Å². The summed E-state index contributed by atoms with van der Waals surface area (Å²) < 4.78 is 0. The van der Waals surface area contributed by atoms with Gasteiger partial charge in [-0.25, -0.2) is 0 Å². The topological polar surface area (TPSA) is 86.8 Å². The summed E-state index contributed by atoms with van der Waals surface area (Å²) in [5.74, 6) is -0.996. The summed E-state index contributed by atoms with van der Waals surface area (Å²) in [6.45, 7) is 0.549. The van der Waals surface area contributed by atoms with Crippen molar-refractivity contribution in [2.75, 3.05) is 13.6 Å². The molecule has 1 unspecified atom stereocenters. The van der Waals surface area contributed by atoms with Gasteiger partial charge in [0, 0.05) is 33.0 Å². The second kappa shape index (κ2) is 8.10. The first-order valence-electron chi connectivity index (χ1n) is 10.0. The van der Waals surface area contributed by atoms with Crippen LogP contribution in [0.1, 0.15) is 44.7 Å². The summed E-state index contributed by atoms with van der Waals surface area (Å²) in [7, 11) is 1.56. The molecule has 2 aromatic carbocycles. The minimum absolute atomic E-state index is 0.156. The van der Waals surface area contributed by atoms with Gasteiger partial charge in [-0.15, -0.1) is 0 Å². The van der Waals surface area contributed by atoms with Crippen LogP contribution in [0.25, 0.3) is 0 Å². The van der Waals surface area contributed by atoms with Crippen molar-refractivity contribution in [3.8, 4) is 0 Å². The first kappa shape index (κ1) is 19.8. The summed E-state index contributed by atoms with van der Waals surface area (Å²) in [5, 5.41) is 2.64. The van der Waals surface area contributed by atoms with Crippen LogP contribution in [0.4, 0.5) is 0 Å². The molecule has 0 bridgehead atoms. The van der Waals surface area contributed by atoms with E-state index in [9.17, 15) is 19.2 Å². The number of carbonyl (C=O) groups is 4. The second-order valence-electron chi connectivity index (χ2n) is 7.54. The van der Waals surface area contributed by atoms with Crippen molar-refractivity contribution in [1.29, 1.82) is 0 Å². The maximum absolute atomic E-state index is 13.0. The lowest BCUT2D eigenvalue weighted by Crippen LogP contribution is -2.52. The molecule has 0 aliphatic carbocycles. The summed E-state index contributed by atoms with van der Waals surface area (Å²) in [6.07, 6.45) is 0.978. The Morgan fingerprint density at radius 1 is 0.967 bits per heavy atom. The molecule has 0 aromatic heterocycles. The summed E-state index contributed by atoms with van der Waals surface area (Å²) >= 11 is 0. The van der Waals surface area contributed by atoms with Gasteiger partial charge in [0.15, 0.2) is 0 Å². The number of carbonyl (C=O) groups excluding carboxylic acids is 4. The quantitative estimate of drug-likeness (QED) is 0.768. The van der Waals surface area contributed by atoms with E-state index in [0.717, 1.165) is 11.1 Å². The molecule has 4 rings (SSSR count). The normalized spacial score (nSPS) is 17.6. The van der Waals surface area contributed by atoms with Crippen molar-refractivity contribution in [3.63, 3.8) is 0 Å². The van der Waals surface area contributed by atoms with Gasteiger partial charge in [-0.2, -0.15) is 0 Å². The zero-order valence-corrected chi connectivity index (χ0v) is 16.8. The monoisotopic (exact) mass is 405 g/mol. The van der Waals surface area contributed by atoms with Gasteiger partial charge in [0.2, 0.25) is 11.8 Å². The predicted molar refractivity (Wildman–Crippen MR) is 110 cm³/mol. The molecule has 1 atom stereocenters. The number of hydrogen-bond donors (Lipinski definition) is 1. The average molecular weight is 405 g/mol. The zero-order valence-electron chi connectivity index (χ0n) is 16.8. The highest BCUT2D eigenvalue weighted by molar-refractivity contribution is 6.21. The molecule has 2 aliphatic heterocycles. The Bertz CT molecular complexity index is 998. The molecule has 2 aromatic rings. The fraction of sp³-hybridized carbons (Fsp3) is 0.304. The van der Waals surface area contributed by atoms with Gasteiger partial charge in [0.1, 0.15) is 6.04 Å². The van der Waals surface area contributed by atoms with E-state index in [4.69, 9.17) is 0 Å². The first-order valence-corrected chi connectivity index (χ1v) is 10.0. The van der Waals surface area contributed by atoms with Crippen LogP contribution in [0, 0.1) is 0 Å².